The lowest BCUT2D eigenvalue weighted by molar-refractivity contribution is 0.0911. The van der Waals surface area contributed by atoms with Gasteiger partial charge in [0.05, 0.1) is 0 Å². The van der Waals surface area contributed by atoms with Crippen molar-refractivity contribution >= 4 is 5.91 Å². The van der Waals surface area contributed by atoms with Gasteiger partial charge in [-0.05, 0) is 32.7 Å². The van der Waals surface area contributed by atoms with Gasteiger partial charge in [0.25, 0.3) is 11.7 Å². The SMILES string of the molecule is CNC1CCC(NC(=O)c2noc(C)n2)CC1. The molecule has 0 atom stereocenters. The average Bonchev–Trinajstić information content (AvgIpc) is 2.77. The largest absolute Gasteiger partial charge is 0.346 e. The Balaban J connectivity index is 1.84. The maximum absolute atomic E-state index is 11.8. The molecule has 0 saturated heterocycles. The minimum atomic E-state index is -0.241. The molecule has 2 N–H and O–H groups in total. The Hall–Kier alpha value is -1.43. The fourth-order valence-electron chi connectivity index (χ4n) is 2.17. The van der Waals surface area contributed by atoms with Gasteiger partial charge < -0.3 is 15.2 Å². The van der Waals surface area contributed by atoms with Gasteiger partial charge >= 0.3 is 0 Å². The minimum absolute atomic E-state index is 0.123. The first-order valence-electron chi connectivity index (χ1n) is 5.97. The van der Waals surface area contributed by atoms with Crippen LogP contribution in [-0.2, 0) is 0 Å². The van der Waals surface area contributed by atoms with Gasteiger partial charge in [-0.15, -0.1) is 0 Å². The third-order valence-corrected chi connectivity index (χ3v) is 3.20. The number of aryl methyl sites for hydroxylation is 1. The van der Waals surface area contributed by atoms with Gasteiger partial charge in [-0.1, -0.05) is 5.16 Å². The molecule has 1 saturated carbocycles. The van der Waals surface area contributed by atoms with Crippen molar-refractivity contribution < 1.29 is 9.32 Å². The number of carbonyl (C=O) groups excluding carboxylic acids is 1. The van der Waals surface area contributed by atoms with Crippen LogP contribution in [0.2, 0.25) is 0 Å². The highest BCUT2D eigenvalue weighted by Crippen LogP contribution is 2.18. The zero-order valence-corrected chi connectivity index (χ0v) is 10.2. The van der Waals surface area contributed by atoms with E-state index in [1.807, 2.05) is 7.05 Å². The Bertz CT molecular complexity index is 383. The van der Waals surface area contributed by atoms with Crippen molar-refractivity contribution in [1.29, 1.82) is 0 Å². The van der Waals surface area contributed by atoms with Crippen LogP contribution in [0.3, 0.4) is 0 Å². The van der Waals surface area contributed by atoms with Gasteiger partial charge in [0.15, 0.2) is 0 Å². The Labute approximate surface area is 100 Å². The maximum atomic E-state index is 11.8. The number of hydrogen-bond donors (Lipinski definition) is 2. The number of nitrogens with one attached hydrogen (secondary N) is 2. The van der Waals surface area contributed by atoms with E-state index in [-0.39, 0.29) is 17.8 Å². The molecule has 0 aliphatic heterocycles. The van der Waals surface area contributed by atoms with Crippen LogP contribution in [0.15, 0.2) is 4.52 Å². The molecule has 1 aromatic rings. The van der Waals surface area contributed by atoms with E-state index >= 15 is 0 Å². The number of carbonyl (C=O) groups is 1. The summed E-state index contributed by atoms with van der Waals surface area (Å²) in [6.07, 6.45) is 4.17. The molecule has 1 heterocycles. The molecule has 0 spiro atoms. The Morgan fingerprint density at radius 1 is 1.29 bits per heavy atom. The molecule has 0 bridgehead atoms. The summed E-state index contributed by atoms with van der Waals surface area (Å²) in [6.45, 7) is 1.67. The van der Waals surface area contributed by atoms with E-state index in [4.69, 9.17) is 4.52 Å². The number of hydrogen-bond acceptors (Lipinski definition) is 5. The van der Waals surface area contributed by atoms with Crippen molar-refractivity contribution in [3.05, 3.63) is 11.7 Å². The Morgan fingerprint density at radius 3 is 2.47 bits per heavy atom. The fourth-order valence-corrected chi connectivity index (χ4v) is 2.17. The molecule has 6 nitrogen and oxygen atoms in total. The van der Waals surface area contributed by atoms with E-state index in [2.05, 4.69) is 20.8 Å². The van der Waals surface area contributed by atoms with E-state index in [0.717, 1.165) is 25.7 Å². The molecule has 1 amide bonds. The van der Waals surface area contributed by atoms with E-state index in [1.165, 1.54) is 0 Å². The van der Waals surface area contributed by atoms with Crippen molar-refractivity contribution in [3.8, 4) is 0 Å². The molecule has 1 fully saturated rings. The molecule has 0 unspecified atom stereocenters. The van der Waals surface area contributed by atoms with E-state index < -0.39 is 0 Å². The molecule has 0 aromatic carbocycles. The molecule has 0 radical (unpaired) electrons. The lowest BCUT2D eigenvalue weighted by atomic mass is 9.91. The lowest BCUT2D eigenvalue weighted by Gasteiger charge is -2.28. The summed E-state index contributed by atoms with van der Waals surface area (Å²) in [5, 5.41) is 9.80. The minimum Gasteiger partial charge on any atom is -0.346 e. The maximum Gasteiger partial charge on any atom is 0.292 e. The summed E-state index contributed by atoms with van der Waals surface area (Å²) in [6, 6.07) is 0.807. The monoisotopic (exact) mass is 238 g/mol. The summed E-state index contributed by atoms with van der Waals surface area (Å²) in [5.74, 6) is 0.294. The number of nitrogens with zero attached hydrogens (tertiary/aromatic N) is 2. The third-order valence-electron chi connectivity index (χ3n) is 3.20. The predicted molar refractivity (Wildman–Crippen MR) is 61.6 cm³/mol. The predicted octanol–water partition coefficient (Wildman–Crippen LogP) is 0.638. The van der Waals surface area contributed by atoms with Gasteiger partial charge in [-0.25, -0.2) is 0 Å². The molecular weight excluding hydrogens is 220 g/mol. The van der Waals surface area contributed by atoms with Crippen LogP contribution < -0.4 is 10.6 Å². The van der Waals surface area contributed by atoms with Crippen molar-refractivity contribution in [2.75, 3.05) is 7.05 Å². The van der Waals surface area contributed by atoms with Gasteiger partial charge in [0, 0.05) is 19.0 Å². The molecule has 17 heavy (non-hydrogen) atoms. The highest BCUT2D eigenvalue weighted by atomic mass is 16.5. The van der Waals surface area contributed by atoms with E-state index in [9.17, 15) is 4.79 Å². The van der Waals surface area contributed by atoms with Crippen molar-refractivity contribution in [2.24, 2.45) is 0 Å². The fraction of sp³-hybridized carbons (Fsp3) is 0.727. The molecule has 94 valence electrons. The first-order valence-corrected chi connectivity index (χ1v) is 5.97. The number of aromatic nitrogens is 2. The number of rotatable bonds is 3. The van der Waals surface area contributed by atoms with Gasteiger partial charge in [0.1, 0.15) is 0 Å². The van der Waals surface area contributed by atoms with Crippen LogP contribution in [0, 0.1) is 6.92 Å². The highest BCUT2D eigenvalue weighted by molar-refractivity contribution is 5.90. The van der Waals surface area contributed by atoms with Crippen LogP contribution in [0.25, 0.3) is 0 Å². The Kier molecular flexibility index (Phi) is 3.73. The van der Waals surface area contributed by atoms with Crippen LogP contribution in [0.4, 0.5) is 0 Å². The Morgan fingerprint density at radius 2 is 1.94 bits per heavy atom. The lowest BCUT2D eigenvalue weighted by Crippen LogP contribution is -2.41. The average molecular weight is 238 g/mol. The smallest absolute Gasteiger partial charge is 0.292 e. The first kappa shape index (κ1) is 12.0. The topological polar surface area (TPSA) is 80.0 Å². The second-order valence-corrected chi connectivity index (χ2v) is 4.45. The summed E-state index contributed by atoms with van der Waals surface area (Å²) >= 11 is 0. The summed E-state index contributed by atoms with van der Waals surface area (Å²) < 4.78 is 4.78. The van der Waals surface area contributed by atoms with Crippen LogP contribution in [0.1, 0.15) is 42.2 Å². The summed E-state index contributed by atoms with van der Waals surface area (Å²) in [4.78, 5) is 15.7. The molecule has 1 aliphatic carbocycles. The molecule has 2 rings (SSSR count). The first-order chi connectivity index (χ1) is 8.19. The highest BCUT2D eigenvalue weighted by Gasteiger charge is 2.23. The molecular formula is C11H18N4O2. The second kappa shape index (κ2) is 5.27. The summed E-state index contributed by atoms with van der Waals surface area (Å²) in [7, 11) is 1.98. The van der Waals surface area contributed by atoms with Crippen molar-refractivity contribution in [1.82, 2.24) is 20.8 Å². The van der Waals surface area contributed by atoms with Crippen LogP contribution >= 0.6 is 0 Å². The molecule has 6 heteroatoms. The van der Waals surface area contributed by atoms with Gasteiger partial charge in [-0.2, -0.15) is 4.98 Å². The van der Waals surface area contributed by atoms with Crippen molar-refractivity contribution in [2.45, 2.75) is 44.7 Å². The van der Waals surface area contributed by atoms with Crippen molar-refractivity contribution in [3.63, 3.8) is 0 Å². The zero-order chi connectivity index (χ0) is 12.3. The van der Waals surface area contributed by atoms with Crippen LogP contribution in [0.5, 0.6) is 0 Å². The molecule has 1 aromatic heterocycles. The normalized spacial score (nSPS) is 24.6. The quantitative estimate of drug-likeness (QED) is 0.807. The standard InChI is InChI=1S/C11H18N4O2/c1-7-13-10(15-17-7)11(16)14-9-5-3-8(12-2)4-6-9/h8-9,12H,3-6H2,1-2H3,(H,14,16). The van der Waals surface area contributed by atoms with Gasteiger partial charge in [0.2, 0.25) is 5.89 Å². The van der Waals surface area contributed by atoms with Crippen LogP contribution in [-0.4, -0.2) is 35.2 Å². The second-order valence-electron chi connectivity index (χ2n) is 4.45. The third kappa shape index (κ3) is 3.03. The van der Waals surface area contributed by atoms with E-state index in [1.54, 1.807) is 6.92 Å². The molecule has 1 aliphatic rings. The summed E-state index contributed by atoms with van der Waals surface area (Å²) in [5.41, 5.74) is 0. The van der Waals surface area contributed by atoms with Gasteiger partial charge in [-0.3, -0.25) is 4.79 Å². The van der Waals surface area contributed by atoms with E-state index in [0.29, 0.717) is 11.9 Å². The number of amides is 1. The zero-order valence-electron chi connectivity index (χ0n) is 10.2.